The van der Waals surface area contributed by atoms with Crippen molar-refractivity contribution in [3.05, 3.63) is 5.82 Å². The minimum atomic E-state index is -0.587. The summed E-state index contributed by atoms with van der Waals surface area (Å²) < 4.78 is 0. The quantitative estimate of drug-likeness (QED) is 0.652. The predicted octanol–water partition coefficient (Wildman–Crippen LogP) is -0.757. The molecule has 0 amide bonds. The second kappa shape index (κ2) is 4.02. The third-order valence-corrected chi connectivity index (χ3v) is 2.57. The van der Waals surface area contributed by atoms with Gasteiger partial charge >= 0.3 is 0 Å². The van der Waals surface area contributed by atoms with E-state index in [2.05, 4.69) is 20.7 Å². The van der Waals surface area contributed by atoms with Gasteiger partial charge in [-0.15, -0.1) is 10.2 Å². The highest BCUT2D eigenvalue weighted by atomic mass is 16.3. The first-order valence-electron chi connectivity index (χ1n) is 4.90. The summed E-state index contributed by atoms with van der Waals surface area (Å²) in [7, 11) is 1.70. The zero-order valence-corrected chi connectivity index (χ0v) is 8.22. The summed E-state index contributed by atoms with van der Waals surface area (Å²) in [6, 6.07) is 0. The number of aryl methyl sites for hydroxylation is 1. The number of aliphatic hydroxyl groups is 1. The Bertz CT molecular complexity index is 294. The number of piperidine rings is 1. The van der Waals surface area contributed by atoms with E-state index in [-0.39, 0.29) is 5.92 Å². The molecule has 2 heterocycles. The van der Waals surface area contributed by atoms with Gasteiger partial charge in [-0.1, -0.05) is 0 Å². The van der Waals surface area contributed by atoms with Crippen molar-refractivity contribution in [2.45, 2.75) is 18.9 Å². The van der Waals surface area contributed by atoms with Crippen LogP contribution in [0.4, 0.5) is 0 Å². The molecule has 1 saturated heterocycles. The molecule has 6 heteroatoms. The fourth-order valence-corrected chi connectivity index (χ4v) is 1.78. The Labute approximate surface area is 82.3 Å². The molecule has 0 saturated carbocycles. The summed E-state index contributed by atoms with van der Waals surface area (Å²) in [5.41, 5.74) is 0. The summed E-state index contributed by atoms with van der Waals surface area (Å²) >= 11 is 0. The second-order valence-corrected chi connectivity index (χ2v) is 3.69. The molecule has 1 aliphatic rings. The van der Waals surface area contributed by atoms with E-state index in [0.29, 0.717) is 5.82 Å². The minimum absolute atomic E-state index is 0.216. The highest BCUT2D eigenvalue weighted by Crippen LogP contribution is 2.23. The van der Waals surface area contributed by atoms with Gasteiger partial charge in [-0.25, -0.2) is 0 Å². The van der Waals surface area contributed by atoms with Crippen LogP contribution >= 0.6 is 0 Å². The van der Waals surface area contributed by atoms with Gasteiger partial charge in [-0.05, 0) is 24.6 Å². The van der Waals surface area contributed by atoms with Crippen molar-refractivity contribution in [1.29, 1.82) is 0 Å². The molecule has 0 aromatic carbocycles. The minimum Gasteiger partial charge on any atom is -0.385 e. The van der Waals surface area contributed by atoms with Gasteiger partial charge < -0.3 is 10.4 Å². The Morgan fingerprint density at radius 3 is 3.07 bits per heavy atom. The van der Waals surface area contributed by atoms with E-state index in [1.54, 1.807) is 7.05 Å². The van der Waals surface area contributed by atoms with Gasteiger partial charge in [0.05, 0.1) is 7.05 Å². The number of aromatic nitrogens is 4. The molecule has 1 aromatic rings. The van der Waals surface area contributed by atoms with Crippen molar-refractivity contribution < 1.29 is 5.11 Å². The zero-order chi connectivity index (χ0) is 9.97. The van der Waals surface area contributed by atoms with Gasteiger partial charge in [0.25, 0.3) is 0 Å². The number of nitrogens with one attached hydrogen (secondary N) is 1. The van der Waals surface area contributed by atoms with Crippen LogP contribution in [0, 0.1) is 5.92 Å². The van der Waals surface area contributed by atoms with Crippen LogP contribution in [0.25, 0.3) is 0 Å². The van der Waals surface area contributed by atoms with Crippen molar-refractivity contribution >= 4 is 0 Å². The number of tetrazole rings is 1. The summed E-state index contributed by atoms with van der Waals surface area (Å²) in [6.07, 6.45) is 1.53. The van der Waals surface area contributed by atoms with Crippen molar-refractivity contribution in [2.75, 3.05) is 13.1 Å². The zero-order valence-electron chi connectivity index (χ0n) is 8.22. The smallest absolute Gasteiger partial charge is 0.203 e. The maximum absolute atomic E-state index is 9.94. The van der Waals surface area contributed by atoms with Crippen LogP contribution in [0.3, 0.4) is 0 Å². The van der Waals surface area contributed by atoms with Gasteiger partial charge in [-0.2, -0.15) is 4.80 Å². The van der Waals surface area contributed by atoms with Crippen LogP contribution in [0.1, 0.15) is 24.8 Å². The van der Waals surface area contributed by atoms with Crippen LogP contribution in [-0.2, 0) is 7.05 Å². The topological polar surface area (TPSA) is 75.9 Å². The molecule has 0 bridgehead atoms. The lowest BCUT2D eigenvalue weighted by atomic mass is 9.93. The molecule has 2 atom stereocenters. The predicted molar refractivity (Wildman–Crippen MR) is 49.4 cm³/mol. The maximum atomic E-state index is 9.94. The molecule has 0 radical (unpaired) electrons. The van der Waals surface area contributed by atoms with Crippen LogP contribution in [-0.4, -0.2) is 38.4 Å². The highest BCUT2D eigenvalue weighted by Gasteiger charge is 2.26. The normalized spacial score (nSPS) is 24.9. The van der Waals surface area contributed by atoms with Crippen LogP contribution in [0.5, 0.6) is 0 Å². The van der Waals surface area contributed by atoms with E-state index in [0.717, 1.165) is 25.9 Å². The average Bonchev–Trinajstić information content (AvgIpc) is 2.65. The van der Waals surface area contributed by atoms with Crippen LogP contribution < -0.4 is 5.32 Å². The largest absolute Gasteiger partial charge is 0.385 e. The van der Waals surface area contributed by atoms with Gasteiger partial charge in [0.1, 0.15) is 6.10 Å². The second-order valence-electron chi connectivity index (χ2n) is 3.69. The van der Waals surface area contributed by atoms with E-state index in [1.807, 2.05) is 0 Å². The highest BCUT2D eigenvalue weighted by molar-refractivity contribution is 4.90. The Kier molecular flexibility index (Phi) is 2.74. The van der Waals surface area contributed by atoms with Gasteiger partial charge in [0.15, 0.2) is 0 Å². The van der Waals surface area contributed by atoms with E-state index in [1.165, 1.54) is 4.80 Å². The van der Waals surface area contributed by atoms with E-state index in [4.69, 9.17) is 0 Å². The van der Waals surface area contributed by atoms with Gasteiger partial charge in [-0.3, -0.25) is 0 Å². The third-order valence-electron chi connectivity index (χ3n) is 2.57. The average molecular weight is 197 g/mol. The molecule has 1 fully saturated rings. The van der Waals surface area contributed by atoms with E-state index >= 15 is 0 Å². The molecule has 1 aromatic heterocycles. The van der Waals surface area contributed by atoms with Crippen molar-refractivity contribution in [3.8, 4) is 0 Å². The third kappa shape index (κ3) is 1.91. The molecule has 2 unspecified atom stereocenters. The molecule has 78 valence electrons. The molecular weight excluding hydrogens is 182 g/mol. The van der Waals surface area contributed by atoms with Crippen molar-refractivity contribution in [2.24, 2.45) is 13.0 Å². The lowest BCUT2D eigenvalue weighted by molar-refractivity contribution is 0.0840. The maximum Gasteiger partial charge on any atom is 0.203 e. The lowest BCUT2D eigenvalue weighted by Crippen LogP contribution is -2.33. The number of aliphatic hydroxyl groups excluding tert-OH is 1. The van der Waals surface area contributed by atoms with Gasteiger partial charge in [0, 0.05) is 12.5 Å². The summed E-state index contributed by atoms with van der Waals surface area (Å²) in [4.78, 5) is 1.37. The Balaban J connectivity index is 2.03. The molecule has 0 aliphatic carbocycles. The van der Waals surface area contributed by atoms with Crippen LogP contribution in [0.15, 0.2) is 0 Å². The van der Waals surface area contributed by atoms with Crippen molar-refractivity contribution in [1.82, 2.24) is 25.5 Å². The fourth-order valence-electron chi connectivity index (χ4n) is 1.78. The SMILES string of the molecule is Cn1nnc(C(O)C2CCCNC2)n1. The monoisotopic (exact) mass is 197 g/mol. The van der Waals surface area contributed by atoms with E-state index < -0.39 is 6.10 Å². The molecule has 1 aliphatic heterocycles. The first-order chi connectivity index (χ1) is 6.77. The molecule has 2 rings (SSSR count). The number of rotatable bonds is 2. The number of nitrogens with zero attached hydrogens (tertiary/aromatic N) is 4. The molecule has 0 spiro atoms. The number of hydrogen-bond acceptors (Lipinski definition) is 5. The first kappa shape index (κ1) is 9.54. The Hall–Kier alpha value is -1.01. The standard InChI is InChI=1S/C8H15N5O/c1-13-11-8(10-12-13)7(14)6-3-2-4-9-5-6/h6-7,9,14H,2-5H2,1H3. The van der Waals surface area contributed by atoms with Crippen LogP contribution in [0.2, 0.25) is 0 Å². The molecular formula is C8H15N5O. The first-order valence-corrected chi connectivity index (χ1v) is 4.90. The van der Waals surface area contributed by atoms with Crippen molar-refractivity contribution in [3.63, 3.8) is 0 Å². The van der Waals surface area contributed by atoms with Gasteiger partial charge in [0.2, 0.25) is 5.82 Å². The Morgan fingerprint density at radius 2 is 2.50 bits per heavy atom. The Morgan fingerprint density at radius 1 is 1.64 bits per heavy atom. The summed E-state index contributed by atoms with van der Waals surface area (Å²) in [5.74, 6) is 0.647. The van der Waals surface area contributed by atoms with E-state index in [9.17, 15) is 5.11 Å². The number of hydrogen-bond donors (Lipinski definition) is 2. The lowest BCUT2D eigenvalue weighted by Gasteiger charge is -2.25. The molecule has 2 N–H and O–H groups in total. The fraction of sp³-hybridized carbons (Fsp3) is 0.875. The summed E-state index contributed by atoms with van der Waals surface area (Å²) in [5, 5.41) is 24.7. The summed E-state index contributed by atoms with van der Waals surface area (Å²) in [6.45, 7) is 1.87. The molecule has 14 heavy (non-hydrogen) atoms. The molecule has 6 nitrogen and oxygen atoms in total.